The van der Waals surface area contributed by atoms with Crippen LogP contribution in [0.15, 0.2) is 22.8 Å². The molecule has 3 heterocycles. The summed E-state index contributed by atoms with van der Waals surface area (Å²) in [4.78, 5) is 14.8. The van der Waals surface area contributed by atoms with Crippen molar-refractivity contribution in [3.8, 4) is 0 Å². The van der Waals surface area contributed by atoms with Crippen LogP contribution >= 0.6 is 0 Å². The highest BCUT2D eigenvalue weighted by Crippen LogP contribution is 2.19. The topological polar surface area (TPSA) is 74.2 Å². The van der Waals surface area contributed by atoms with Gasteiger partial charge in [0.25, 0.3) is 0 Å². The van der Waals surface area contributed by atoms with E-state index in [-0.39, 0.29) is 11.8 Å². The number of aryl methyl sites for hydroxylation is 2. The molecular formula is C18H26N4O2. The zero-order valence-corrected chi connectivity index (χ0v) is 14.5. The number of likely N-dealkylation sites (tertiary alicyclic amines) is 1. The van der Waals surface area contributed by atoms with Gasteiger partial charge in [0, 0.05) is 18.8 Å². The first-order chi connectivity index (χ1) is 11.6. The molecule has 1 saturated heterocycles. The average Bonchev–Trinajstić information content (AvgIpc) is 3.19. The van der Waals surface area contributed by atoms with Crippen molar-refractivity contribution in [1.82, 2.24) is 20.4 Å². The van der Waals surface area contributed by atoms with Crippen LogP contribution in [-0.4, -0.2) is 40.6 Å². The minimum Gasteiger partial charge on any atom is -0.468 e. The van der Waals surface area contributed by atoms with E-state index in [0.717, 1.165) is 56.0 Å². The number of hydrogen-bond donors (Lipinski definition) is 2. The number of H-pyrrole nitrogens is 1. The van der Waals surface area contributed by atoms with Gasteiger partial charge in [-0.3, -0.25) is 14.8 Å². The second-order valence-corrected chi connectivity index (χ2v) is 6.61. The highest BCUT2D eigenvalue weighted by molar-refractivity contribution is 5.79. The van der Waals surface area contributed by atoms with Crippen LogP contribution in [0.25, 0.3) is 0 Å². The Hall–Kier alpha value is -2.08. The molecular weight excluding hydrogens is 304 g/mol. The van der Waals surface area contributed by atoms with E-state index in [9.17, 15) is 4.79 Å². The van der Waals surface area contributed by atoms with E-state index in [1.807, 2.05) is 26.0 Å². The van der Waals surface area contributed by atoms with E-state index in [4.69, 9.17) is 4.42 Å². The molecule has 24 heavy (non-hydrogen) atoms. The Kier molecular flexibility index (Phi) is 5.35. The number of nitrogens with one attached hydrogen (secondary N) is 2. The standard InChI is InChI=1S/C18H26N4O2/c1-13-17(14(2)21-20-13)7-8-19-18(23)15-5-3-9-22(11-15)12-16-6-4-10-24-16/h4,6,10,15H,3,5,7-9,11-12H2,1-2H3,(H,19,23)(H,20,21)/t15-/m1/s1. The molecule has 3 rings (SSSR count). The van der Waals surface area contributed by atoms with Crippen molar-refractivity contribution in [2.75, 3.05) is 19.6 Å². The summed E-state index contributed by atoms with van der Waals surface area (Å²) in [5.74, 6) is 1.19. The van der Waals surface area contributed by atoms with Crippen molar-refractivity contribution >= 4 is 5.91 Å². The number of carbonyl (C=O) groups is 1. The molecule has 6 heteroatoms. The van der Waals surface area contributed by atoms with Gasteiger partial charge in [-0.25, -0.2) is 0 Å². The van der Waals surface area contributed by atoms with Gasteiger partial charge in [0.05, 0.1) is 24.4 Å². The van der Waals surface area contributed by atoms with Crippen LogP contribution in [-0.2, 0) is 17.8 Å². The van der Waals surface area contributed by atoms with E-state index >= 15 is 0 Å². The van der Waals surface area contributed by atoms with Crippen LogP contribution in [0.3, 0.4) is 0 Å². The number of piperidine rings is 1. The summed E-state index contributed by atoms with van der Waals surface area (Å²) in [6.07, 6.45) is 4.54. The molecule has 2 aromatic rings. The number of carbonyl (C=O) groups excluding carboxylic acids is 1. The Morgan fingerprint density at radius 3 is 3.08 bits per heavy atom. The van der Waals surface area contributed by atoms with E-state index in [2.05, 4.69) is 20.4 Å². The normalized spacial score (nSPS) is 18.7. The number of nitrogens with zero attached hydrogens (tertiary/aromatic N) is 2. The zero-order valence-electron chi connectivity index (χ0n) is 14.5. The van der Waals surface area contributed by atoms with Gasteiger partial charge in [-0.05, 0) is 57.4 Å². The summed E-state index contributed by atoms with van der Waals surface area (Å²) < 4.78 is 5.41. The third-order valence-electron chi connectivity index (χ3n) is 4.79. The molecule has 1 amide bonds. The van der Waals surface area contributed by atoms with Crippen LogP contribution in [0.1, 0.15) is 35.6 Å². The lowest BCUT2D eigenvalue weighted by Crippen LogP contribution is -2.43. The van der Waals surface area contributed by atoms with Crippen molar-refractivity contribution in [2.45, 2.75) is 39.7 Å². The van der Waals surface area contributed by atoms with Gasteiger partial charge in [0.15, 0.2) is 0 Å². The molecule has 0 bridgehead atoms. The maximum Gasteiger partial charge on any atom is 0.224 e. The lowest BCUT2D eigenvalue weighted by molar-refractivity contribution is -0.126. The van der Waals surface area contributed by atoms with Gasteiger partial charge in [0.2, 0.25) is 5.91 Å². The molecule has 130 valence electrons. The van der Waals surface area contributed by atoms with E-state index in [1.165, 1.54) is 5.56 Å². The van der Waals surface area contributed by atoms with Gasteiger partial charge < -0.3 is 9.73 Å². The second kappa shape index (κ2) is 7.66. The zero-order chi connectivity index (χ0) is 16.9. The van der Waals surface area contributed by atoms with Crippen LogP contribution in [0.4, 0.5) is 0 Å². The second-order valence-electron chi connectivity index (χ2n) is 6.61. The largest absolute Gasteiger partial charge is 0.468 e. The molecule has 1 fully saturated rings. The number of rotatable bonds is 6. The Morgan fingerprint density at radius 2 is 2.38 bits per heavy atom. The first-order valence-electron chi connectivity index (χ1n) is 8.66. The lowest BCUT2D eigenvalue weighted by Gasteiger charge is -2.31. The van der Waals surface area contributed by atoms with Gasteiger partial charge in [-0.15, -0.1) is 0 Å². The molecule has 0 spiro atoms. The molecule has 2 N–H and O–H groups in total. The third-order valence-corrected chi connectivity index (χ3v) is 4.79. The molecule has 0 radical (unpaired) electrons. The molecule has 2 aromatic heterocycles. The summed E-state index contributed by atoms with van der Waals surface area (Å²) in [6.45, 7) is 7.28. The molecule has 1 atom stereocenters. The fourth-order valence-electron chi connectivity index (χ4n) is 3.43. The number of hydrogen-bond acceptors (Lipinski definition) is 4. The van der Waals surface area contributed by atoms with Crippen molar-refractivity contribution in [3.63, 3.8) is 0 Å². The predicted octanol–water partition coefficient (Wildman–Crippen LogP) is 2.19. The van der Waals surface area contributed by atoms with E-state index in [0.29, 0.717) is 6.54 Å². The SMILES string of the molecule is Cc1n[nH]c(C)c1CCNC(=O)[C@@H]1CCCN(Cc2ccco2)C1. The lowest BCUT2D eigenvalue weighted by atomic mass is 9.97. The highest BCUT2D eigenvalue weighted by Gasteiger charge is 2.26. The van der Waals surface area contributed by atoms with Gasteiger partial charge in [0.1, 0.15) is 5.76 Å². The van der Waals surface area contributed by atoms with E-state index < -0.39 is 0 Å². The average molecular weight is 330 g/mol. The first kappa shape index (κ1) is 16.8. The third kappa shape index (κ3) is 4.06. The summed E-state index contributed by atoms with van der Waals surface area (Å²) in [5, 5.41) is 10.3. The van der Waals surface area contributed by atoms with Crippen molar-refractivity contribution in [3.05, 3.63) is 41.1 Å². The molecule has 1 aliphatic heterocycles. The number of furan rings is 1. The predicted molar refractivity (Wildman–Crippen MR) is 91.5 cm³/mol. The minimum atomic E-state index is 0.0697. The van der Waals surface area contributed by atoms with E-state index in [1.54, 1.807) is 6.26 Å². The van der Waals surface area contributed by atoms with Crippen molar-refractivity contribution in [1.29, 1.82) is 0 Å². The smallest absolute Gasteiger partial charge is 0.224 e. The highest BCUT2D eigenvalue weighted by atomic mass is 16.3. The fraction of sp³-hybridized carbons (Fsp3) is 0.556. The number of aromatic nitrogens is 2. The monoisotopic (exact) mass is 330 g/mol. The molecule has 6 nitrogen and oxygen atoms in total. The van der Waals surface area contributed by atoms with Crippen LogP contribution in [0.5, 0.6) is 0 Å². The van der Waals surface area contributed by atoms with Crippen LogP contribution in [0.2, 0.25) is 0 Å². The van der Waals surface area contributed by atoms with Crippen LogP contribution in [0, 0.1) is 19.8 Å². The van der Waals surface area contributed by atoms with Crippen molar-refractivity contribution in [2.24, 2.45) is 5.92 Å². The Balaban J connectivity index is 1.46. The Bertz CT molecular complexity index is 643. The van der Waals surface area contributed by atoms with Gasteiger partial charge >= 0.3 is 0 Å². The van der Waals surface area contributed by atoms with Gasteiger partial charge in [-0.1, -0.05) is 0 Å². The fourth-order valence-corrected chi connectivity index (χ4v) is 3.43. The maximum atomic E-state index is 12.5. The molecule has 1 aliphatic rings. The molecule has 0 saturated carbocycles. The molecule has 0 aliphatic carbocycles. The Labute approximate surface area is 142 Å². The summed E-state index contributed by atoms with van der Waals surface area (Å²) in [5.41, 5.74) is 3.31. The maximum absolute atomic E-state index is 12.5. The number of aromatic amines is 1. The van der Waals surface area contributed by atoms with Crippen molar-refractivity contribution < 1.29 is 9.21 Å². The molecule has 0 unspecified atom stereocenters. The van der Waals surface area contributed by atoms with Crippen LogP contribution < -0.4 is 5.32 Å². The molecule has 0 aromatic carbocycles. The summed E-state index contributed by atoms with van der Waals surface area (Å²) in [7, 11) is 0. The summed E-state index contributed by atoms with van der Waals surface area (Å²) >= 11 is 0. The summed E-state index contributed by atoms with van der Waals surface area (Å²) in [6, 6.07) is 3.89. The number of amides is 1. The quantitative estimate of drug-likeness (QED) is 0.851. The van der Waals surface area contributed by atoms with Gasteiger partial charge in [-0.2, -0.15) is 5.10 Å². The minimum absolute atomic E-state index is 0.0697. The first-order valence-corrected chi connectivity index (χ1v) is 8.66. The Morgan fingerprint density at radius 1 is 1.50 bits per heavy atom.